The Labute approximate surface area is 147 Å². The molecule has 0 bridgehead atoms. The van der Waals surface area contributed by atoms with Crippen LogP contribution in [-0.2, 0) is 5.54 Å². The number of halogens is 1. The summed E-state index contributed by atoms with van der Waals surface area (Å²) in [6.07, 6.45) is 2.73. The smallest absolute Gasteiger partial charge is 0.155 e. The molecule has 0 saturated heterocycles. The highest BCUT2D eigenvalue weighted by molar-refractivity contribution is 9.10. The molecule has 2 aliphatic heterocycles. The van der Waals surface area contributed by atoms with Crippen LogP contribution in [0.5, 0.6) is 11.5 Å². The second kappa shape index (κ2) is 5.42. The molecule has 2 aromatic carbocycles. The summed E-state index contributed by atoms with van der Waals surface area (Å²) in [5.41, 5.74) is 8.79. The number of hydrogen-bond donors (Lipinski definition) is 1. The second-order valence-electron chi connectivity index (χ2n) is 5.61. The Bertz CT molecular complexity index is 849. The number of hydrogen-bond acceptors (Lipinski definition) is 4. The van der Waals surface area contributed by atoms with Gasteiger partial charge in [-0.2, -0.15) is 0 Å². The zero-order valence-electron chi connectivity index (χ0n) is 12.4. The fourth-order valence-electron chi connectivity index (χ4n) is 3.23. The number of rotatable bonds is 1. The van der Waals surface area contributed by atoms with Crippen LogP contribution in [-0.4, -0.2) is 10.9 Å². The average molecular weight is 387 g/mol. The van der Waals surface area contributed by atoms with Gasteiger partial charge in [0.15, 0.2) is 5.17 Å². The molecule has 0 aliphatic carbocycles. The fourth-order valence-corrected chi connectivity index (χ4v) is 4.42. The topological polar surface area (TPSA) is 47.6 Å². The van der Waals surface area contributed by atoms with Crippen LogP contribution in [0.25, 0.3) is 6.08 Å². The van der Waals surface area contributed by atoms with Crippen molar-refractivity contribution >= 4 is 38.9 Å². The van der Waals surface area contributed by atoms with Gasteiger partial charge in [0, 0.05) is 21.4 Å². The first-order valence-electron chi connectivity index (χ1n) is 7.35. The number of benzene rings is 2. The molecule has 0 radical (unpaired) electrons. The van der Waals surface area contributed by atoms with E-state index in [9.17, 15) is 0 Å². The third-order valence-corrected chi connectivity index (χ3v) is 5.60. The van der Waals surface area contributed by atoms with Crippen LogP contribution in [0.3, 0.4) is 0 Å². The molecule has 23 heavy (non-hydrogen) atoms. The first kappa shape index (κ1) is 14.8. The van der Waals surface area contributed by atoms with Crippen LogP contribution in [0.1, 0.15) is 23.1 Å². The van der Waals surface area contributed by atoms with Gasteiger partial charge >= 0.3 is 0 Å². The highest BCUT2D eigenvalue weighted by Gasteiger charge is 2.44. The van der Waals surface area contributed by atoms with Gasteiger partial charge in [0.25, 0.3) is 0 Å². The Morgan fingerprint density at radius 1 is 1.22 bits per heavy atom. The van der Waals surface area contributed by atoms with Crippen LogP contribution in [0.4, 0.5) is 0 Å². The molecule has 0 amide bonds. The highest BCUT2D eigenvalue weighted by Crippen LogP contribution is 2.53. The number of fused-ring (bicyclic) bond motifs is 4. The summed E-state index contributed by atoms with van der Waals surface area (Å²) >= 11 is 5.17. The lowest BCUT2D eigenvalue weighted by Gasteiger charge is -2.39. The van der Waals surface area contributed by atoms with E-state index < -0.39 is 5.54 Å². The second-order valence-corrected chi connectivity index (χ2v) is 7.64. The molecule has 3 nitrogen and oxygen atoms in total. The SMILES string of the molecule is C=Cc1ccc2c(c1)C1(CCSC(N)=N1)c1cc(Br)ccc1O2. The molecule has 2 aliphatic rings. The van der Waals surface area contributed by atoms with E-state index in [2.05, 4.69) is 34.6 Å². The first-order chi connectivity index (χ1) is 11.1. The van der Waals surface area contributed by atoms with Gasteiger partial charge < -0.3 is 10.5 Å². The Morgan fingerprint density at radius 2 is 1.96 bits per heavy atom. The summed E-state index contributed by atoms with van der Waals surface area (Å²) in [7, 11) is 0. The molecule has 0 aromatic heterocycles. The average Bonchev–Trinajstić information content (AvgIpc) is 2.56. The maximum Gasteiger partial charge on any atom is 0.155 e. The highest BCUT2D eigenvalue weighted by atomic mass is 79.9. The van der Waals surface area contributed by atoms with Gasteiger partial charge in [-0.1, -0.05) is 46.4 Å². The van der Waals surface area contributed by atoms with E-state index in [1.165, 1.54) is 0 Å². The van der Waals surface area contributed by atoms with E-state index >= 15 is 0 Å². The number of thioether (sulfide) groups is 1. The Balaban J connectivity index is 2.05. The van der Waals surface area contributed by atoms with Crippen molar-refractivity contribution in [2.45, 2.75) is 12.0 Å². The van der Waals surface area contributed by atoms with Crippen LogP contribution in [0, 0.1) is 0 Å². The van der Waals surface area contributed by atoms with Crippen molar-refractivity contribution in [2.75, 3.05) is 5.75 Å². The summed E-state index contributed by atoms with van der Waals surface area (Å²) in [6, 6.07) is 12.2. The first-order valence-corrected chi connectivity index (χ1v) is 9.13. The molecular formula is C18H15BrN2OS. The van der Waals surface area contributed by atoms with Gasteiger partial charge in [0.2, 0.25) is 0 Å². The van der Waals surface area contributed by atoms with E-state index in [4.69, 9.17) is 15.5 Å². The molecule has 2 N–H and O–H groups in total. The van der Waals surface area contributed by atoms with Crippen molar-refractivity contribution in [2.24, 2.45) is 10.7 Å². The van der Waals surface area contributed by atoms with E-state index in [1.54, 1.807) is 11.8 Å². The van der Waals surface area contributed by atoms with E-state index in [0.29, 0.717) is 5.17 Å². The number of aliphatic imine (C=N–C) groups is 1. The van der Waals surface area contributed by atoms with Crippen LogP contribution < -0.4 is 10.5 Å². The van der Waals surface area contributed by atoms with Crippen molar-refractivity contribution in [3.8, 4) is 11.5 Å². The summed E-state index contributed by atoms with van der Waals surface area (Å²) in [5, 5.41) is 0.624. The number of nitrogens with zero attached hydrogens (tertiary/aromatic N) is 1. The monoisotopic (exact) mass is 386 g/mol. The van der Waals surface area contributed by atoms with Crippen LogP contribution >= 0.6 is 27.7 Å². The van der Waals surface area contributed by atoms with Gasteiger partial charge in [-0.15, -0.1) is 0 Å². The molecule has 2 heterocycles. The van der Waals surface area contributed by atoms with Crippen molar-refractivity contribution in [3.05, 3.63) is 64.1 Å². The van der Waals surface area contributed by atoms with Crippen LogP contribution in [0.2, 0.25) is 0 Å². The standard InChI is InChI=1S/C18H15BrN2OS/c1-2-11-3-5-15-13(9-11)18(7-8-23-17(20)21-18)14-10-12(19)4-6-16(14)22-15/h2-6,9-10H,1,7-8H2,(H2,20,21). The summed E-state index contributed by atoms with van der Waals surface area (Å²) in [5.74, 6) is 2.61. The summed E-state index contributed by atoms with van der Waals surface area (Å²) < 4.78 is 7.13. The lowest BCUT2D eigenvalue weighted by molar-refractivity contribution is 0.391. The van der Waals surface area contributed by atoms with Crippen molar-refractivity contribution in [1.29, 1.82) is 0 Å². The molecule has 0 fully saturated rings. The molecule has 0 saturated carbocycles. The molecule has 1 atom stereocenters. The van der Waals surface area contributed by atoms with Gasteiger partial charge in [-0.25, -0.2) is 4.99 Å². The lowest BCUT2D eigenvalue weighted by atomic mass is 9.78. The molecule has 2 aromatic rings. The predicted octanol–water partition coefficient (Wildman–Crippen LogP) is 4.89. The lowest BCUT2D eigenvalue weighted by Crippen LogP contribution is -2.35. The van der Waals surface area contributed by atoms with Crippen molar-refractivity contribution < 1.29 is 4.74 Å². The van der Waals surface area contributed by atoms with Gasteiger partial charge in [0.1, 0.15) is 17.0 Å². The summed E-state index contributed by atoms with van der Waals surface area (Å²) in [4.78, 5) is 4.89. The van der Waals surface area contributed by atoms with Crippen molar-refractivity contribution in [3.63, 3.8) is 0 Å². The number of amidine groups is 1. The van der Waals surface area contributed by atoms with Gasteiger partial charge in [-0.05, 0) is 42.3 Å². The molecular weight excluding hydrogens is 372 g/mol. The van der Waals surface area contributed by atoms with E-state index in [0.717, 1.165) is 44.8 Å². The normalized spacial score (nSPS) is 21.9. The zero-order valence-corrected chi connectivity index (χ0v) is 14.8. The van der Waals surface area contributed by atoms with Gasteiger partial charge in [-0.3, -0.25) is 0 Å². The third-order valence-electron chi connectivity index (χ3n) is 4.31. The maximum atomic E-state index is 6.12. The fraction of sp³-hybridized carbons (Fsp3) is 0.167. The minimum absolute atomic E-state index is 0.485. The van der Waals surface area contributed by atoms with Gasteiger partial charge in [0.05, 0.1) is 0 Å². The predicted molar refractivity (Wildman–Crippen MR) is 100 cm³/mol. The molecule has 1 spiro atoms. The molecule has 5 heteroatoms. The quantitative estimate of drug-likeness (QED) is 0.758. The molecule has 4 rings (SSSR count). The van der Waals surface area contributed by atoms with Crippen molar-refractivity contribution in [1.82, 2.24) is 0 Å². The Kier molecular flexibility index (Phi) is 3.50. The van der Waals surface area contributed by atoms with Crippen LogP contribution in [0.15, 0.2) is 52.4 Å². The minimum Gasteiger partial charge on any atom is -0.457 e. The zero-order chi connectivity index (χ0) is 16.0. The molecule has 1 unspecified atom stereocenters. The number of nitrogens with two attached hydrogens (primary N) is 1. The number of ether oxygens (including phenoxy) is 1. The maximum absolute atomic E-state index is 6.12. The molecule has 116 valence electrons. The van der Waals surface area contributed by atoms with E-state index in [1.807, 2.05) is 30.3 Å². The Morgan fingerprint density at radius 3 is 2.70 bits per heavy atom. The third kappa shape index (κ3) is 2.30. The Hall–Kier alpha value is -1.72. The summed E-state index contributed by atoms with van der Waals surface area (Å²) in [6.45, 7) is 3.87. The largest absolute Gasteiger partial charge is 0.457 e. The van der Waals surface area contributed by atoms with E-state index in [-0.39, 0.29) is 0 Å². The minimum atomic E-state index is -0.485.